The SMILES string of the molecule is CCCN(CCC)c1c(SC)nn2c(-c3cnc(N(C)C)cc3C)cccc12. The van der Waals surface area contributed by atoms with Crippen molar-refractivity contribution in [3.8, 4) is 11.3 Å². The van der Waals surface area contributed by atoms with Gasteiger partial charge in [0, 0.05) is 38.9 Å². The van der Waals surface area contributed by atoms with Crippen LogP contribution in [-0.2, 0) is 0 Å². The van der Waals surface area contributed by atoms with Crippen LogP contribution in [0.4, 0.5) is 11.5 Å². The zero-order chi connectivity index (χ0) is 20.3. The van der Waals surface area contributed by atoms with Gasteiger partial charge in [-0.3, -0.25) is 0 Å². The fourth-order valence-corrected chi connectivity index (χ4v) is 4.19. The lowest BCUT2D eigenvalue weighted by atomic mass is 10.1. The van der Waals surface area contributed by atoms with Crippen molar-refractivity contribution < 1.29 is 0 Å². The molecule has 0 aliphatic carbocycles. The molecule has 0 radical (unpaired) electrons. The van der Waals surface area contributed by atoms with Crippen molar-refractivity contribution in [1.29, 1.82) is 0 Å². The van der Waals surface area contributed by atoms with Crippen LogP contribution in [0.3, 0.4) is 0 Å². The highest BCUT2D eigenvalue weighted by atomic mass is 32.2. The molecule has 0 aliphatic rings. The Bertz CT molecular complexity index is 941. The van der Waals surface area contributed by atoms with Crippen molar-refractivity contribution >= 4 is 28.8 Å². The molecule has 0 aliphatic heterocycles. The summed E-state index contributed by atoms with van der Waals surface area (Å²) < 4.78 is 2.10. The van der Waals surface area contributed by atoms with Gasteiger partial charge in [-0.2, -0.15) is 5.10 Å². The summed E-state index contributed by atoms with van der Waals surface area (Å²) in [5.41, 5.74) is 5.83. The molecule has 6 heteroatoms. The van der Waals surface area contributed by atoms with Crippen LogP contribution in [-0.4, -0.2) is 48.0 Å². The standard InChI is InChI=1S/C22H31N5S/c1-7-12-26(13-8-2)21-19-11-9-10-18(27(19)24-22(21)28-6)17-15-23-20(25(4)5)14-16(17)3/h9-11,14-15H,7-8,12-13H2,1-6H3. The summed E-state index contributed by atoms with van der Waals surface area (Å²) in [7, 11) is 4.03. The van der Waals surface area contributed by atoms with Gasteiger partial charge in [-0.15, -0.1) is 11.8 Å². The minimum Gasteiger partial charge on any atom is -0.368 e. The second-order valence-electron chi connectivity index (χ2n) is 7.30. The lowest BCUT2D eigenvalue weighted by molar-refractivity contribution is 0.740. The van der Waals surface area contributed by atoms with Crippen molar-refractivity contribution in [2.75, 3.05) is 43.2 Å². The largest absolute Gasteiger partial charge is 0.368 e. The molecule has 0 saturated heterocycles. The lowest BCUT2D eigenvalue weighted by Crippen LogP contribution is -2.25. The van der Waals surface area contributed by atoms with Gasteiger partial charge in [0.05, 0.1) is 16.9 Å². The topological polar surface area (TPSA) is 36.7 Å². The predicted molar refractivity (Wildman–Crippen MR) is 122 cm³/mol. The lowest BCUT2D eigenvalue weighted by Gasteiger charge is -2.23. The van der Waals surface area contributed by atoms with E-state index in [4.69, 9.17) is 5.10 Å². The van der Waals surface area contributed by atoms with E-state index in [0.29, 0.717) is 0 Å². The van der Waals surface area contributed by atoms with Crippen molar-refractivity contribution in [2.45, 2.75) is 38.6 Å². The molecule has 0 amide bonds. The summed E-state index contributed by atoms with van der Waals surface area (Å²) in [5.74, 6) is 0.969. The molecule has 3 rings (SSSR count). The average molecular weight is 398 g/mol. The molecule has 0 N–H and O–H groups in total. The summed E-state index contributed by atoms with van der Waals surface area (Å²) in [4.78, 5) is 9.15. The highest BCUT2D eigenvalue weighted by Gasteiger charge is 2.20. The Labute approximate surface area is 172 Å². The summed E-state index contributed by atoms with van der Waals surface area (Å²) in [5, 5.41) is 6.08. The van der Waals surface area contributed by atoms with Gasteiger partial charge in [-0.1, -0.05) is 19.9 Å². The summed E-state index contributed by atoms with van der Waals surface area (Å²) in [6.45, 7) is 8.71. The Morgan fingerprint density at radius 2 is 1.82 bits per heavy atom. The first-order valence-corrected chi connectivity index (χ1v) is 11.2. The molecule has 0 bridgehead atoms. The van der Waals surface area contributed by atoms with Crippen LogP contribution in [0.1, 0.15) is 32.3 Å². The highest BCUT2D eigenvalue weighted by Crippen LogP contribution is 2.36. The number of thioether (sulfide) groups is 1. The highest BCUT2D eigenvalue weighted by molar-refractivity contribution is 7.98. The number of fused-ring (bicyclic) bond motifs is 1. The molecule has 3 aromatic heterocycles. The van der Waals surface area contributed by atoms with E-state index >= 15 is 0 Å². The molecule has 3 heterocycles. The van der Waals surface area contributed by atoms with Crippen LogP contribution in [0, 0.1) is 6.92 Å². The molecule has 5 nitrogen and oxygen atoms in total. The minimum atomic E-state index is 0.969. The molecule has 0 unspecified atom stereocenters. The fraction of sp³-hybridized carbons (Fsp3) is 0.455. The number of hydrogen-bond donors (Lipinski definition) is 0. The van der Waals surface area contributed by atoms with Crippen LogP contribution in [0.2, 0.25) is 0 Å². The predicted octanol–water partition coefficient (Wildman–Crippen LogP) is 5.12. The number of nitrogens with zero attached hydrogens (tertiary/aromatic N) is 5. The molecule has 0 spiro atoms. The summed E-state index contributed by atoms with van der Waals surface area (Å²) >= 11 is 1.72. The van der Waals surface area contributed by atoms with Crippen LogP contribution in [0.25, 0.3) is 16.8 Å². The quantitative estimate of drug-likeness (QED) is 0.493. The van der Waals surface area contributed by atoms with Crippen molar-refractivity contribution in [3.63, 3.8) is 0 Å². The molecule has 150 valence electrons. The van der Waals surface area contributed by atoms with Gasteiger partial charge in [0.15, 0.2) is 0 Å². The van der Waals surface area contributed by atoms with E-state index in [2.05, 4.69) is 65.7 Å². The fourth-order valence-electron chi connectivity index (χ4n) is 3.60. The van der Waals surface area contributed by atoms with Gasteiger partial charge in [0.2, 0.25) is 0 Å². The van der Waals surface area contributed by atoms with Crippen LogP contribution < -0.4 is 9.80 Å². The van der Waals surface area contributed by atoms with Gasteiger partial charge in [0.25, 0.3) is 0 Å². The number of aryl methyl sites for hydroxylation is 1. The molecular weight excluding hydrogens is 366 g/mol. The summed E-state index contributed by atoms with van der Waals surface area (Å²) in [6.07, 6.45) is 6.33. The Morgan fingerprint density at radius 1 is 1.11 bits per heavy atom. The summed E-state index contributed by atoms with van der Waals surface area (Å²) in [6, 6.07) is 8.59. The van der Waals surface area contributed by atoms with Crippen molar-refractivity contribution in [3.05, 3.63) is 36.0 Å². The van der Waals surface area contributed by atoms with Gasteiger partial charge in [-0.05, 0) is 49.8 Å². The number of rotatable bonds is 8. The van der Waals surface area contributed by atoms with Crippen LogP contribution in [0.5, 0.6) is 0 Å². The molecule has 3 aromatic rings. The maximum absolute atomic E-state index is 4.99. The van der Waals surface area contributed by atoms with Crippen LogP contribution >= 0.6 is 11.8 Å². The van der Waals surface area contributed by atoms with Gasteiger partial charge in [-0.25, -0.2) is 9.50 Å². The van der Waals surface area contributed by atoms with E-state index in [1.165, 1.54) is 16.8 Å². The monoisotopic (exact) mass is 397 g/mol. The van der Waals surface area contributed by atoms with E-state index in [1.54, 1.807) is 11.8 Å². The Balaban J connectivity index is 2.19. The second-order valence-corrected chi connectivity index (χ2v) is 8.10. The Kier molecular flexibility index (Phi) is 6.50. The van der Waals surface area contributed by atoms with E-state index in [9.17, 15) is 0 Å². The number of anilines is 2. The minimum absolute atomic E-state index is 0.969. The molecular formula is C22H31N5S. The maximum atomic E-state index is 4.99. The molecule has 0 aromatic carbocycles. The zero-order valence-electron chi connectivity index (χ0n) is 17.9. The van der Waals surface area contributed by atoms with E-state index < -0.39 is 0 Å². The zero-order valence-corrected chi connectivity index (χ0v) is 18.7. The first-order chi connectivity index (χ1) is 13.5. The first-order valence-electron chi connectivity index (χ1n) is 9.96. The van der Waals surface area contributed by atoms with Gasteiger partial charge in [0.1, 0.15) is 10.8 Å². The molecule has 0 fully saturated rings. The normalized spacial score (nSPS) is 11.2. The Morgan fingerprint density at radius 3 is 2.39 bits per heavy atom. The third kappa shape index (κ3) is 3.83. The molecule has 0 saturated carbocycles. The second kappa shape index (κ2) is 8.86. The smallest absolute Gasteiger partial charge is 0.142 e. The number of hydrogen-bond acceptors (Lipinski definition) is 5. The molecule has 0 atom stereocenters. The third-order valence-electron chi connectivity index (χ3n) is 4.93. The van der Waals surface area contributed by atoms with Gasteiger partial charge < -0.3 is 9.80 Å². The van der Waals surface area contributed by atoms with Gasteiger partial charge >= 0.3 is 0 Å². The maximum Gasteiger partial charge on any atom is 0.142 e. The Hall–Kier alpha value is -2.21. The third-order valence-corrected chi connectivity index (χ3v) is 5.59. The number of pyridine rings is 2. The first kappa shape index (κ1) is 20.5. The molecule has 28 heavy (non-hydrogen) atoms. The van der Waals surface area contributed by atoms with E-state index in [1.807, 2.05) is 25.2 Å². The van der Waals surface area contributed by atoms with Crippen molar-refractivity contribution in [2.24, 2.45) is 0 Å². The van der Waals surface area contributed by atoms with E-state index in [0.717, 1.165) is 48.0 Å². The van der Waals surface area contributed by atoms with Crippen LogP contribution in [0.15, 0.2) is 35.5 Å². The number of aromatic nitrogens is 3. The van der Waals surface area contributed by atoms with Crippen molar-refractivity contribution in [1.82, 2.24) is 14.6 Å². The van der Waals surface area contributed by atoms with E-state index in [-0.39, 0.29) is 0 Å². The average Bonchev–Trinajstić information content (AvgIpc) is 3.06.